The normalized spacial score (nSPS) is 19.1. The lowest BCUT2D eigenvalue weighted by atomic mass is 10.0. The van der Waals surface area contributed by atoms with Crippen LogP contribution in [0.3, 0.4) is 0 Å². The van der Waals surface area contributed by atoms with E-state index in [4.69, 9.17) is 28.6 Å². The van der Waals surface area contributed by atoms with E-state index in [-0.39, 0.29) is 35.6 Å². The molecule has 56 heavy (non-hydrogen) atoms. The Kier molecular flexibility index (Phi) is 11.9. The number of carbonyl (C=O) groups is 4. The molecule has 0 aromatic heterocycles. The fourth-order valence-corrected chi connectivity index (χ4v) is 7.55. The van der Waals surface area contributed by atoms with Gasteiger partial charge in [-0.3, -0.25) is 39.2 Å². The lowest BCUT2D eigenvalue weighted by molar-refractivity contribution is -0.138. The molecule has 6 rings (SSSR count). The molecule has 4 amide bonds. The van der Waals surface area contributed by atoms with Crippen molar-refractivity contribution in [3.05, 3.63) is 76.8 Å². The summed E-state index contributed by atoms with van der Waals surface area (Å²) in [5, 5.41) is 17.8. The van der Waals surface area contributed by atoms with Crippen molar-refractivity contribution in [3.8, 4) is 11.8 Å². The number of ether oxygens (including phenoxy) is 1. The van der Waals surface area contributed by atoms with Crippen molar-refractivity contribution in [1.82, 2.24) is 15.1 Å². The van der Waals surface area contributed by atoms with Crippen molar-refractivity contribution < 1.29 is 37.1 Å². The number of nitrogens with zero attached hydrogens (tertiary/aromatic N) is 5. The zero-order chi connectivity index (χ0) is 40.4. The maximum absolute atomic E-state index is 13.7. The fourth-order valence-electron chi connectivity index (χ4n) is 6.80. The number of piperidine rings is 1. The van der Waals surface area contributed by atoms with Crippen LogP contribution in [0.15, 0.2) is 60.7 Å². The molecule has 3 fully saturated rings. The summed E-state index contributed by atoms with van der Waals surface area (Å²) < 4.78 is 47.0. The Morgan fingerprint density at radius 2 is 1.66 bits per heavy atom. The standard InChI is InChI=1S/C38H38ClF3N8O5S/c1-37(2)35(54)49(28-4-3-23(21-43)30(20-28)38(40,41)42)36(56)50(37)27-5-7-29(8-6-27)55-16-15-47-11-13-48(14-12-47)22-33(52)45-26-18-24(39)17-25(19-26)44-31-9-10-32(51)46-34(31)53/h3-8,17-20,31,44H,9-16,22H2,1-2H3,(H,45,52)(H,46,51,53). The molecule has 0 spiro atoms. The van der Waals surface area contributed by atoms with Gasteiger partial charge in [0.1, 0.15) is 23.9 Å². The molecule has 3 aliphatic heterocycles. The van der Waals surface area contributed by atoms with Gasteiger partial charge < -0.3 is 20.3 Å². The smallest absolute Gasteiger partial charge is 0.417 e. The number of thiocarbonyl (C=S) groups is 1. The Morgan fingerprint density at radius 3 is 2.32 bits per heavy atom. The number of anilines is 4. The summed E-state index contributed by atoms with van der Waals surface area (Å²) in [7, 11) is 0. The first-order valence-electron chi connectivity index (χ1n) is 17.7. The molecule has 3 saturated heterocycles. The Morgan fingerprint density at radius 1 is 1.00 bits per heavy atom. The van der Waals surface area contributed by atoms with E-state index in [1.165, 1.54) is 6.07 Å². The Bertz CT molecular complexity index is 2090. The molecule has 18 heteroatoms. The third kappa shape index (κ3) is 9.05. The number of nitriles is 1. The van der Waals surface area contributed by atoms with Gasteiger partial charge in [-0.25, -0.2) is 0 Å². The second-order valence-corrected chi connectivity index (χ2v) is 14.8. The zero-order valence-electron chi connectivity index (χ0n) is 30.4. The number of carbonyl (C=O) groups excluding carboxylic acids is 4. The van der Waals surface area contributed by atoms with Gasteiger partial charge in [0.05, 0.1) is 29.4 Å². The minimum Gasteiger partial charge on any atom is -0.492 e. The molecule has 3 aromatic rings. The summed E-state index contributed by atoms with van der Waals surface area (Å²) in [6.45, 7) is 7.27. The third-order valence-electron chi connectivity index (χ3n) is 9.72. The van der Waals surface area contributed by atoms with E-state index in [2.05, 4.69) is 20.9 Å². The molecule has 0 radical (unpaired) electrons. The topological polar surface area (TPSA) is 150 Å². The zero-order valence-corrected chi connectivity index (χ0v) is 32.0. The van der Waals surface area contributed by atoms with Crippen LogP contribution in [0.5, 0.6) is 5.75 Å². The van der Waals surface area contributed by atoms with Gasteiger partial charge in [-0.1, -0.05) is 11.6 Å². The number of benzene rings is 3. The van der Waals surface area contributed by atoms with E-state index in [0.717, 1.165) is 30.1 Å². The van der Waals surface area contributed by atoms with E-state index in [1.807, 2.05) is 4.90 Å². The van der Waals surface area contributed by atoms with Crippen LogP contribution >= 0.6 is 23.8 Å². The van der Waals surface area contributed by atoms with Gasteiger partial charge >= 0.3 is 6.18 Å². The minimum atomic E-state index is -4.79. The quantitative estimate of drug-likeness (QED) is 0.178. The number of imide groups is 1. The average Bonchev–Trinajstić information content (AvgIpc) is 3.31. The average molecular weight is 811 g/mol. The molecule has 294 valence electrons. The molecule has 1 atom stereocenters. The molecule has 1 unspecified atom stereocenters. The highest BCUT2D eigenvalue weighted by Crippen LogP contribution is 2.40. The molecular weight excluding hydrogens is 773 g/mol. The van der Waals surface area contributed by atoms with E-state index >= 15 is 0 Å². The summed E-state index contributed by atoms with van der Waals surface area (Å²) in [6.07, 6.45) is -4.21. The van der Waals surface area contributed by atoms with Gasteiger partial charge in [0.2, 0.25) is 17.7 Å². The van der Waals surface area contributed by atoms with Gasteiger partial charge in [0, 0.05) is 61.2 Å². The van der Waals surface area contributed by atoms with E-state index < -0.39 is 40.7 Å². The maximum Gasteiger partial charge on any atom is 0.417 e. The maximum atomic E-state index is 13.7. The van der Waals surface area contributed by atoms with Crippen molar-refractivity contribution >= 4 is 75.3 Å². The van der Waals surface area contributed by atoms with Crippen molar-refractivity contribution in [2.24, 2.45) is 0 Å². The molecule has 3 heterocycles. The molecule has 0 aliphatic carbocycles. The van der Waals surface area contributed by atoms with Crippen molar-refractivity contribution in [2.45, 2.75) is 44.4 Å². The summed E-state index contributed by atoms with van der Waals surface area (Å²) in [5.74, 6) is -0.866. The van der Waals surface area contributed by atoms with Crippen molar-refractivity contribution in [3.63, 3.8) is 0 Å². The molecular formula is C38H38ClF3N8O5S. The van der Waals surface area contributed by atoms with E-state index in [1.54, 1.807) is 67.3 Å². The largest absolute Gasteiger partial charge is 0.492 e. The van der Waals surface area contributed by atoms with Gasteiger partial charge in [0.25, 0.3) is 5.91 Å². The van der Waals surface area contributed by atoms with Crippen LogP contribution in [0.4, 0.5) is 35.9 Å². The first kappa shape index (κ1) is 40.4. The third-order valence-corrected chi connectivity index (χ3v) is 10.3. The van der Waals surface area contributed by atoms with Crippen LogP contribution in [0, 0.1) is 11.3 Å². The first-order valence-corrected chi connectivity index (χ1v) is 18.5. The number of nitrogens with one attached hydrogen (secondary N) is 3. The summed E-state index contributed by atoms with van der Waals surface area (Å²) in [6, 6.07) is 15.9. The molecule has 3 N–H and O–H groups in total. The Labute approximate surface area is 331 Å². The summed E-state index contributed by atoms with van der Waals surface area (Å²) >= 11 is 11.9. The van der Waals surface area contributed by atoms with Crippen LogP contribution in [0.2, 0.25) is 5.02 Å². The Balaban J connectivity index is 0.962. The lowest BCUT2D eigenvalue weighted by Crippen LogP contribution is -2.49. The minimum absolute atomic E-state index is 0.000979. The number of amides is 4. The van der Waals surface area contributed by atoms with Crippen molar-refractivity contribution in [1.29, 1.82) is 5.26 Å². The van der Waals surface area contributed by atoms with Gasteiger partial charge in [-0.15, -0.1) is 0 Å². The fraction of sp³-hybridized carbons (Fsp3) is 0.368. The van der Waals surface area contributed by atoms with Crippen LogP contribution in [0.25, 0.3) is 0 Å². The highest BCUT2D eigenvalue weighted by atomic mass is 35.5. The SMILES string of the molecule is CC1(C)C(=O)N(c2ccc(C#N)c(C(F)(F)F)c2)C(=S)N1c1ccc(OCCN2CCN(CC(=O)Nc3cc(Cl)cc(NC4CCC(=O)NC4=O)c3)CC2)cc1. The molecule has 3 aliphatic rings. The highest BCUT2D eigenvalue weighted by Gasteiger charge is 2.50. The molecule has 0 saturated carbocycles. The van der Waals surface area contributed by atoms with Gasteiger partial charge in [-0.05, 0) is 93.1 Å². The molecule has 13 nitrogen and oxygen atoms in total. The van der Waals surface area contributed by atoms with Crippen molar-refractivity contribution in [2.75, 3.05) is 66.3 Å². The summed E-state index contributed by atoms with van der Waals surface area (Å²) in [5.41, 5.74) is -1.43. The number of rotatable bonds is 11. The summed E-state index contributed by atoms with van der Waals surface area (Å²) in [4.78, 5) is 56.9. The first-order chi connectivity index (χ1) is 26.5. The number of piperazine rings is 1. The second-order valence-electron chi connectivity index (χ2n) is 14.0. The lowest BCUT2D eigenvalue weighted by Gasteiger charge is -2.34. The number of hydrogen-bond acceptors (Lipinski definition) is 10. The van der Waals surface area contributed by atoms with Gasteiger partial charge in [0.15, 0.2) is 5.11 Å². The van der Waals surface area contributed by atoms with Crippen LogP contribution in [0.1, 0.15) is 37.8 Å². The van der Waals surface area contributed by atoms with Gasteiger partial charge in [-0.2, -0.15) is 18.4 Å². The Hall–Kier alpha value is -5.28. The predicted molar refractivity (Wildman–Crippen MR) is 207 cm³/mol. The second kappa shape index (κ2) is 16.4. The van der Waals surface area contributed by atoms with Crippen LogP contribution < -0.4 is 30.5 Å². The monoisotopic (exact) mass is 810 g/mol. The van der Waals surface area contributed by atoms with Crippen LogP contribution in [-0.2, 0) is 25.4 Å². The number of halogens is 4. The highest BCUT2D eigenvalue weighted by molar-refractivity contribution is 7.81. The molecule has 0 bridgehead atoms. The number of alkyl halides is 3. The predicted octanol–water partition coefficient (Wildman–Crippen LogP) is 5.00. The molecule has 3 aromatic carbocycles. The van der Waals surface area contributed by atoms with E-state index in [9.17, 15) is 37.6 Å². The number of hydrogen-bond donors (Lipinski definition) is 3. The van der Waals surface area contributed by atoms with Crippen LogP contribution in [-0.4, -0.2) is 96.0 Å². The van der Waals surface area contributed by atoms with E-state index in [0.29, 0.717) is 60.5 Å².